The quantitative estimate of drug-likeness (QED) is 0.780. The van der Waals surface area contributed by atoms with E-state index in [1.165, 1.54) is 6.07 Å². The first-order valence-corrected chi connectivity index (χ1v) is 7.39. The summed E-state index contributed by atoms with van der Waals surface area (Å²) in [5.41, 5.74) is 1.52. The van der Waals surface area contributed by atoms with Gasteiger partial charge in [0.25, 0.3) is 0 Å². The molecule has 116 valence electrons. The van der Waals surface area contributed by atoms with Gasteiger partial charge < -0.3 is 9.84 Å². The van der Waals surface area contributed by atoms with Crippen LogP contribution in [0.1, 0.15) is 5.56 Å². The van der Waals surface area contributed by atoms with Crippen LogP contribution in [0.5, 0.6) is 11.5 Å². The van der Waals surface area contributed by atoms with Gasteiger partial charge in [-0.05, 0) is 30.3 Å². The number of benzene rings is 2. The monoisotopic (exact) mass is 348 g/mol. The van der Waals surface area contributed by atoms with E-state index in [9.17, 15) is 0 Å². The van der Waals surface area contributed by atoms with Crippen LogP contribution in [-0.2, 0) is 6.54 Å². The zero-order valence-electron chi connectivity index (χ0n) is 11.7. The molecule has 0 fully saturated rings. The molecule has 0 unspecified atom stereocenters. The molecule has 0 atom stereocenters. The maximum absolute atomic E-state index is 9.05. The van der Waals surface area contributed by atoms with Crippen molar-refractivity contribution in [2.24, 2.45) is 0 Å². The van der Waals surface area contributed by atoms with Crippen LogP contribution in [0.2, 0.25) is 10.0 Å². The fourth-order valence-corrected chi connectivity index (χ4v) is 2.57. The Bertz CT molecular complexity index is 918. The summed E-state index contributed by atoms with van der Waals surface area (Å²) in [6, 6.07) is 10.1. The summed E-state index contributed by atoms with van der Waals surface area (Å²) in [5, 5.41) is 26.8. The number of hydrogen-bond acceptors (Lipinski definition) is 5. The normalized spacial score (nSPS) is 10.7. The molecule has 23 heavy (non-hydrogen) atoms. The van der Waals surface area contributed by atoms with Gasteiger partial charge in [-0.15, -0.1) is 5.10 Å². The fourth-order valence-electron chi connectivity index (χ4n) is 2.15. The number of aromatic nitrogens is 3. The number of halogens is 2. The highest BCUT2D eigenvalue weighted by Gasteiger charge is 2.15. The van der Waals surface area contributed by atoms with Crippen LogP contribution < -0.4 is 4.74 Å². The molecule has 0 saturated carbocycles. The lowest BCUT2D eigenvalue weighted by atomic mass is 10.2. The molecule has 0 bridgehead atoms. The second-order valence-electron chi connectivity index (χ2n) is 4.67. The van der Waals surface area contributed by atoms with Crippen LogP contribution in [0.3, 0.4) is 0 Å². The Kier molecular flexibility index (Phi) is 4.35. The van der Waals surface area contributed by atoms with E-state index in [4.69, 9.17) is 38.3 Å². The Morgan fingerprint density at radius 1 is 1.26 bits per heavy atom. The van der Waals surface area contributed by atoms with Gasteiger partial charge in [-0.25, -0.2) is 4.68 Å². The average Bonchev–Trinajstić information content (AvgIpc) is 2.93. The molecule has 2 aromatic carbocycles. The standard InChI is InChI=1S/C15H10Cl2N4O2/c16-10-5-9(8-18)6-11(7-10)23-15-12(17)1-2-13-14(15)19-20-21(13)3-4-22/h1-2,5-7,22H,3-4H2. The minimum atomic E-state index is -0.0584. The molecule has 3 rings (SSSR count). The first-order valence-electron chi connectivity index (χ1n) is 6.63. The lowest BCUT2D eigenvalue weighted by Gasteiger charge is -2.09. The molecular weight excluding hydrogens is 339 g/mol. The number of fused-ring (bicyclic) bond motifs is 1. The lowest BCUT2D eigenvalue weighted by molar-refractivity contribution is 0.270. The van der Waals surface area contributed by atoms with E-state index in [1.54, 1.807) is 28.9 Å². The Labute approximate surface area is 141 Å². The zero-order valence-corrected chi connectivity index (χ0v) is 13.2. The third kappa shape index (κ3) is 3.08. The topological polar surface area (TPSA) is 84.0 Å². The molecule has 0 aliphatic heterocycles. The van der Waals surface area contributed by atoms with Crippen molar-refractivity contribution >= 4 is 34.2 Å². The van der Waals surface area contributed by atoms with Crippen molar-refractivity contribution in [2.75, 3.05) is 6.61 Å². The number of nitrogens with zero attached hydrogens (tertiary/aromatic N) is 4. The fraction of sp³-hybridized carbons (Fsp3) is 0.133. The Hall–Kier alpha value is -2.33. The van der Waals surface area contributed by atoms with E-state index >= 15 is 0 Å². The van der Waals surface area contributed by atoms with E-state index < -0.39 is 0 Å². The molecule has 0 aliphatic carbocycles. The molecule has 6 nitrogen and oxygen atoms in total. The molecule has 3 aromatic rings. The molecule has 1 aromatic heterocycles. The highest BCUT2D eigenvalue weighted by Crippen LogP contribution is 2.36. The number of rotatable bonds is 4. The van der Waals surface area contributed by atoms with Gasteiger partial charge in [0.2, 0.25) is 0 Å². The van der Waals surface area contributed by atoms with Crippen molar-refractivity contribution < 1.29 is 9.84 Å². The number of hydrogen-bond donors (Lipinski definition) is 1. The zero-order chi connectivity index (χ0) is 16.4. The van der Waals surface area contributed by atoms with Gasteiger partial charge >= 0.3 is 0 Å². The van der Waals surface area contributed by atoms with Gasteiger partial charge in [0.15, 0.2) is 11.3 Å². The van der Waals surface area contributed by atoms with Crippen LogP contribution in [0.15, 0.2) is 30.3 Å². The first-order chi connectivity index (χ1) is 11.1. The van der Waals surface area contributed by atoms with Crippen molar-refractivity contribution in [3.63, 3.8) is 0 Å². The smallest absolute Gasteiger partial charge is 0.175 e. The number of nitriles is 1. The predicted octanol–water partition coefficient (Wildman–Crippen LogP) is 3.39. The van der Waals surface area contributed by atoms with Gasteiger partial charge in [-0.2, -0.15) is 5.26 Å². The van der Waals surface area contributed by atoms with E-state index in [1.807, 2.05) is 6.07 Å². The van der Waals surface area contributed by atoms with Gasteiger partial charge in [-0.3, -0.25) is 0 Å². The van der Waals surface area contributed by atoms with E-state index in [-0.39, 0.29) is 6.61 Å². The maximum atomic E-state index is 9.05. The van der Waals surface area contributed by atoms with Crippen molar-refractivity contribution in [1.82, 2.24) is 15.0 Å². The Morgan fingerprint density at radius 3 is 2.83 bits per heavy atom. The molecular formula is C15H10Cl2N4O2. The number of aliphatic hydroxyl groups excluding tert-OH is 1. The van der Waals surface area contributed by atoms with Gasteiger partial charge in [-0.1, -0.05) is 28.4 Å². The summed E-state index contributed by atoms with van der Waals surface area (Å²) in [7, 11) is 0. The van der Waals surface area contributed by atoms with E-state index in [2.05, 4.69) is 10.3 Å². The summed E-state index contributed by atoms with van der Waals surface area (Å²) in [6.45, 7) is 0.254. The summed E-state index contributed by atoms with van der Waals surface area (Å²) in [4.78, 5) is 0. The third-order valence-corrected chi connectivity index (χ3v) is 3.64. The van der Waals surface area contributed by atoms with E-state index in [0.29, 0.717) is 44.7 Å². The highest BCUT2D eigenvalue weighted by molar-refractivity contribution is 6.33. The number of aliphatic hydroxyl groups is 1. The van der Waals surface area contributed by atoms with Crippen molar-refractivity contribution in [2.45, 2.75) is 6.54 Å². The largest absolute Gasteiger partial charge is 0.453 e. The summed E-state index contributed by atoms with van der Waals surface area (Å²) < 4.78 is 7.34. The van der Waals surface area contributed by atoms with Crippen LogP contribution in [0.4, 0.5) is 0 Å². The van der Waals surface area contributed by atoms with Crippen molar-refractivity contribution in [3.8, 4) is 17.6 Å². The molecule has 1 heterocycles. The van der Waals surface area contributed by atoms with Gasteiger partial charge in [0, 0.05) is 5.02 Å². The van der Waals surface area contributed by atoms with E-state index in [0.717, 1.165) is 0 Å². The van der Waals surface area contributed by atoms with Crippen LogP contribution in [0.25, 0.3) is 11.0 Å². The number of ether oxygens (including phenoxy) is 1. The minimum Gasteiger partial charge on any atom is -0.453 e. The van der Waals surface area contributed by atoms with Crippen LogP contribution >= 0.6 is 23.2 Å². The molecule has 0 radical (unpaired) electrons. The Morgan fingerprint density at radius 2 is 2.09 bits per heavy atom. The van der Waals surface area contributed by atoms with Gasteiger partial charge in [0.1, 0.15) is 5.75 Å². The molecule has 1 N–H and O–H groups in total. The molecule has 0 amide bonds. The molecule has 8 heteroatoms. The summed E-state index contributed by atoms with van der Waals surface area (Å²) >= 11 is 12.2. The van der Waals surface area contributed by atoms with Crippen LogP contribution in [0, 0.1) is 11.3 Å². The molecule has 0 aliphatic rings. The first kappa shape index (κ1) is 15.6. The van der Waals surface area contributed by atoms with Crippen molar-refractivity contribution in [1.29, 1.82) is 5.26 Å². The SMILES string of the molecule is N#Cc1cc(Cl)cc(Oc2c(Cl)ccc3c2nnn3CCO)c1. The molecule has 0 spiro atoms. The lowest BCUT2D eigenvalue weighted by Crippen LogP contribution is -2.03. The average molecular weight is 349 g/mol. The highest BCUT2D eigenvalue weighted by atomic mass is 35.5. The van der Waals surface area contributed by atoms with Crippen LogP contribution in [-0.4, -0.2) is 26.7 Å². The second-order valence-corrected chi connectivity index (χ2v) is 5.51. The predicted molar refractivity (Wildman–Crippen MR) is 85.9 cm³/mol. The van der Waals surface area contributed by atoms with Gasteiger partial charge in [0.05, 0.1) is 35.3 Å². The Balaban J connectivity index is 2.08. The second kappa shape index (κ2) is 6.42. The minimum absolute atomic E-state index is 0.0584. The summed E-state index contributed by atoms with van der Waals surface area (Å²) in [5.74, 6) is 0.694. The maximum Gasteiger partial charge on any atom is 0.175 e. The summed E-state index contributed by atoms with van der Waals surface area (Å²) in [6.07, 6.45) is 0. The third-order valence-electron chi connectivity index (χ3n) is 3.13. The van der Waals surface area contributed by atoms with Crippen molar-refractivity contribution in [3.05, 3.63) is 45.9 Å². The molecule has 0 saturated heterocycles.